The number of benzene rings is 2. The van der Waals surface area contributed by atoms with Crippen LogP contribution in [0.25, 0.3) is 11.4 Å². The zero-order chi connectivity index (χ0) is 17.8. The Labute approximate surface area is 150 Å². The average Bonchev–Trinajstić information content (AvgIpc) is 3.01. The molecule has 3 aromatic rings. The van der Waals surface area contributed by atoms with Crippen molar-refractivity contribution in [2.75, 3.05) is 14.2 Å². The second kappa shape index (κ2) is 7.31. The first kappa shape index (κ1) is 16.9. The van der Waals surface area contributed by atoms with Gasteiger partial charge in [-0.25, -0.2) is 5.10 Å². The van der Waals surface area contributed by atoms with E-state index in [-0.39, 0.29) is 0 Å². The highest BCUT2D eigenvalue weighted by atomic mass is 32.1. The maximum atomic E-state index is 5.35. The van der Waals surface area contributed by atoms with Crippen LogP contribution in [0.5, 0.6) is 11.5 Å². The van der Waals surface area contributed by atoms with E-state index in [9.17, 15) is 0 Å². The maximum Gasteiger partial charge on any atom is 0.216 e. The first-order valence-corrected chi connectivity index (χ1v) is 8.04. The summed E-state index contributed by atoms with van der Waals surface area (Å²) >= 11 is 5.31. The molecule has 0 amide bonds. The summed E-state index contributed by atoms with van der Waals surface area (Å²) in [6.45, 7) is 2.03. The normalized spacial score (nSPS) is 11.0. The lowest BCUT2D eigenvalue weighted by Crippen LogP contribution is -1.97. The zero-order valence-corrected chi connectivity index (χ0v) is 15.0. The van der Waals surface area contributed by atoms with Gasteiger partial charge in [0.05, 0.1) is 20.4 Å². The number of aromatic nitrogens is 3. The van der Waals surface area contributed by atoms with Gasteiger partial charge in [0.2, 0.25) is 4.77 Å². The van der Waals surface area contributed by atoms with Gasteiger partial charge < -0.3 is 9.47 Å². The number of methoxy groups -OCH3 is 2. The molecule has 7 heteroatoms. The Balaban J connectivity index is 2.03. The largest absolute Gasteiger partial charge is 0.493 e. The van der Waals surface area contributed by atoms with E-state index >= 15 is 0 Å². The molecule has 0 aliphatic rings. The first-order chi connectivity index (χ1) is 12.1. The Bertz CT molecular complexity index is 975. The Morgan fingerprint density at radius 3 is 2.60 bits per heavy atom. The van der Waals surface area contributed by atoms with Gasteiger partial charge in [-0.15, -0.1) is 0 Å². The van der Waals surface area contributed by atoms with Crippen LogP contribution in [0.15, 0.2) is 47.6 Å². The van der Waals surface area contributed by atoms with Crippen LogP contribution < -0.4 is 9.47 Å². The second-order valence-electron chi connectivity index (χ2n) is 5.34. The standard InChI is InChI=1S/C18H18N4O2S/c1-12-6-4-5-7-14(12)11-19-22-17(20-21-18(22)25)13-8-9-15(23-2)16(10-13)24-3/h4-11H,1-3H3,(H,21,25)/b19-11+. The van der Waals surface area contributed by atoms with Crippen molar-refractivity contribution in [1.82, 2.24) is 14.9 Å². The Kier molecular flexibility index (Phi) is 4.95. The molecule has 1 heterocycles. The minimum absolute atomic E-state index is 0.412. The highest BCUT2D eigenvalue weighted by molar-refractivity contribution is 7.71. The number of rotatable bonds is 5. The summed E-state index contributed by atoms with van der Waals surface area (Å²) in [4.78, 5) is 0. The summed E-state index contributed by atoms with van der Waals surface area (Å²) in [7, 11) is 3.19. The molecule has 0 spiro atoms. The summed E-state index contributed by atoms with van der Waals surface area (Å²) in [6, 6.07) is 13.5. The number of ether oxygens (including phenoxy) is 2. The van der Waals surface area contributed by atoms with Crippen LogP contribution in [-0.4, -0.2) is 35.3 Å². The van der Waals surface area contributed by atoms with Crippen molar-refractivity contribution < 1.29 is 9.47 Å². The molecular weight excluding hydrogens is 336 g/mol. The first-order valence-electron chi connectivity index (χ1n) is 7.64. The van der Waals surface area contributed by atoms with Crippen molar-refractivity contribution in [3.63, 3.8) is 0 Å². The molecule has 2 aromatic carbocycles. The highest BCUT2D eigenvalue weighted by Crippen LogP contribution is 2.31. The SMILES string of the molecule is COc1ccc(-c2n[nH]c(=S)n2/N=C/c2ccccc2C)cc1OC. The topological polar surface area (TPSA) is 64.4 Å². The molecule has 0 fully saturated rings. The van der Waals surface area contributed by atoms with Gasteiger partial charge >= 0.3 is 0 Å². The van der Waals surface area contributed by atoms with Gasteiger partial charge in [0.15, 0.2) is 17.3 Å². The fourth-order valence-electron chi connectivity index (χ4n) is 2.41. The monoisotopic (exact) mass is 354 g/mol. The second-order valence-corrected chi connectivity index (χ2v) is 5.72. The molecule has 0 aliphatic carbocycles. The van der Waals surface area contributed by atoms with Crippen LogP contribution >= 0.6 is 12.2 Å². The number of hydrogen-bond acceptors (Lipinski definition) is 5. The summed E-state index contributed by atoms with van der Waals surface area (Å²) in [6.07, 6.45) is 1.77. The summed E-state index contributed by atoms with van der Waals surface area (Å²) in [5.41, 5.74) is 2.96. The van der Waals surface area contributed by atoms with Gasteiger partial charge in [-0.05, 0) is 48.5 Å². The summed E-state index contributed by atoms with van der Waals surface area (Å²) in [5, 5.41) is 11.6. The van der Waals surface area contributed by atoms with Crippen LogP contribution in [0, 0.1) is 11.7 Å². The number of aryl methyl sites for hydroxylation is 1. The van der Waals surface area contributed by atoms with Crippen molar-refractivity contribution in [3.05, 3.63) is 58.4 Å². The minimum atomic E-state index is 0.412. The molecule has 0 bridgehead atoms. The predicted octanol–water partition coefficient (Wildman–Crippen LogP) is 3.82. The molecule has 3 rings (SSSR count). The third-order valence-corrected chi connectivity index (χ3v) is 4.06. The number of H-pyrrole nitrogens is 1. The van der Waals surface area contributed by atoms with Crippen LogP contribution in [0.1, 0.15) is 11.1 Å². The van der Waals surface area contributed by atoms with Crippen molar-refractivity contribution in [2.24, 2.45) is 5.10 Å². The lowest BCUT2D eigenvalue weighted by Gasteiger charge is -2.09. The molecule has 25 heavy (non-hydrogen) atoms. The fourth-order valence-corrected chi connectivity index (χ4v) is 2.59. The van der Waals surface area contributed by atoms with Crippen LogP contribution in [0.2, 0.25) is 0 Å². The van der Waals surface area contributed by atoms with E-state index in [1.165, 1.54) is 0 Å². The quantitative estimate of drug-likeness (QED) is 0.559. The van der Waals surface area contributed by atoms with E-state index in [4.69, 9.17) is 21.7 Å². The molecule has 0 atom stereocenters. The Hall–Kier alpha value is -2.93. The van der Waals surface area contributed by atoms with Gasteiger partial charge in [-0.2, -0.15) is 14.9 Å². The molecule has 0 radical (unpaired) electrons. The molecule has 0 saturated heterocycles. The Morgan fingerprint density at radius 1 is 1.12 bits per heavy atom. The van der Waals surface area contributed by atoms with Crippen molar-refractivity contribution in [2.45, 2.75) is 6.92 Å². The molecule has 0 unspecified atom stereocenters. The van der Waals surface area contributed by atoms with Crippen molar-refractivity contribution in [1.29, 1.82) is 0 Å². The van der Waals surface area contributed by atoms with Crippen molar-refractivity contribution in [3.8, 4) is 22.9 Å². The van der Waals surface area contributed by atoms with Crippen LogP contribution in [0.3, 0.4) is 0 Å². The average molecular weight is 354 g/mol. The summed E-state index contributed by atoms with van der Waals surface area (Å²) in [5.74, 6) is 1.86. The van der Waals surface area contributed by atoms with Gasteiger partial charge in [0.25, 0.3) is 0 Å². The van der Waals surface area contributed by atoms with Gasteiger partial charge in [-0.3, -0.25) is 0 Å². The highest BCUT2D eigenvalue weighted by Gasteiger charge is 2.12. The molecular formula is C18H18N4O2S. The fraction of sp³-hybridized carbons (Fsp3) is 0.167. The van der Waals surface area contributed by atoms with E-state index in [0.29, 0.717) is 22.1 Å². The third kappa shape index (κ3) is 3.46. The number of hydrogen-bond donors (Lipinski definition) is 1. The lowest BCUT2D eigenvalue weighted by atomic mass is 10.1. The molecule has 128 valence electrons. The lowest BCUT2D eigenvalue weighted by molar-refractivity contribution is 0.355. The molecule has 0 saturated carbocycles. The van der Waals surface area contributed by atoms with Gasteiger partial charge in [0.1, 0.15) is 0 Å². The van der Waals surface area contributed by atoms with Crippen molar-refractivity contribution >= 4 is 18.4 Å². The van der Waals surface area contributed by atoms with Gasteiger partial charge in [0, 0.05) is 5.56 Å². The maximum absolute atomic E-state index is 5.35. The zero-order valence-electron chi connectivity index (χ0n) is 14.2. The van der Waals surface area contributed by atoms with E-state index in [2.05, 4.69) is 15.3 Å². The number of aromatic amines is 1. The molecule has 0 aliphatic heterocycles. The van der Waals surface area contributed by atoms with Gasteiger partial charge in [-0.1, -0.05) is 24.3 Å². The molecule has 1 N–H and O–H groups in total. The smallest absolute Gasteiger partial charge is 0.216 e. The van der Waals surface area contributed by atoms with E-state index < -0.39 is 0 Å². The predicted molar refractivity (Wildman–Crippen MR) is 100 cm³/mol. The van der Waals surface area contributed by atoms with E-state index in [0.717, 1.165) is 16.7 Å². The Morgan fingerprint density at radius 2 is 1.88 bits per heavy atom. The van der Waals surface area contributed by atoms with E-state index in [1.54, 1.807) is 25.1 Å². The summed E-state index contributed by atoms with van der Waals surface area (Å²) < 4.78 is 12.6. The van der Waals surface area contributed by atoms with Crippen LogP contribution in [-0.2, 0) is 0 Å². The van der Waals surface area contributed by atoms with Crippen LogP contribution in [0.4, 0.5) is 0 Å². The minimum Gasteiger partial charge on any atom is -0.493 e. The third-order valence-electron chi connectivity index (χ3n) is 3.79. The number of nitrogens with one attached hydrogen (secondary N) is 1. The molecule has 6 nitrogen and oxygen atoms in total. The molecule has 1 aromatic heterocycles. The van der Waals surface area contributed by atoms with E-state index in [1.807, 2.05) is 49.4 Å². The number of nitrogens with zero attached hydrogens (tertiary/aromatic N) is 3.